The molecular weight excluding hydrogens is 220 g/mol. The molecule has 0 fully saturated rings. The van der Waals surface area contributed by atoms with Gasteiger partial charge < -0.3 is 4.74 Å². The molecule has 0 saturated heterocycles. The van der Waals surface area contributed by atoms with Crippen LogP contribution in [0.2, 0.25) is 0 Å². The molecule has 2 N–H and O–H groups in total. The first-order valence-corrected chi connectivity index (χ1v) is 5.40. The second-order valence-corrected chi connectivity index (χ2v) is 4.08. The van der Waals surface area contributed by atoms with E-state index in [1.165, 1.54) is 26.4 Å². The van der Waals surface area contributed by atoms with E-state index in [9.17, 15) is 8.42 Å². The summed E-state index contributed by atoms with van der Waals surface area (Å²) < 4.78 is 27.1. The van der Waals surface area contributed by atoms with E-state index in [1.807, 2.05) is 0 Å². The van der Waals surface area contributed by atoms with Crippen LogP contribution in [-0.2, 0) is 10.0 Å². The fourth-order valence-corrected chi connectivity index (χ4v) is 1.61. The van der Waals surface area contributed by atoms with Gasteiger partial charge in [-0.25, -0.2) is 18.5 Å². The van der Waals surface area contributed by atoms with Crippen LogP contribution in [0.4, 0.5) is 5.69 Å². The molecule has 0 spiro atoms. The van der Waals surface area contributed by atoms with Gasteiger partial charge in [0.1, 0.15) is 10.6 Å². The molecule has 0 amide bonds. The second-order valence-electron chi connectivity index (χ2n) is 2.55. The Hall–Kier alpha value is -1.54. The SMILES string of the molecule is CN=Nc1cnc(OC)c(S(N)(=O)=O)c1. The highest BCUT2D eigenvalue weighted by Crippen LogP contribution is 2.24. The van der Waals surface area contributed by atoms with Gasteiger partial charge in [0.05, 0.1) is 13.3 Å². The third-order valence-corrected chi connectivity index (χ3v) is 2.42. The first-order chi connectivity index (χ1) is 6.99. The van der Waals surface area contributed by atoms with Crippen molar-refractivity contribution < 1.29 is 13.2 Å². The monoisotopic (exact) mass is 230 g/mol. The third-order valence-electron chi connectivity index (χ3n) is 1.52. The summed E-state index contributed by atoms with van der Waals surface area (Å²) in [6, 6.07) is 1.24. The standard InChI is InChI=1S/C7H10N4O3S/c1-9-11-5-3-6(15(8,12)13)7(14-2)10-4-5/h3-4H,1-2H3,(H2,8,12,13). The van der Waals surface area contributed by atoms with Crippen LogP contribution < -0.4 is 9.88 Å². The number of rotatable bonds is 3. The van der Waals surface area contributed by atoms with E-state index in [4.69, 9.17) is 9.88 Å². The summed E-state index contributed by atoms with van der Waals surface area (Å²) in [5.74, 6) is -0.0625. The van der Waals surface area contributed by atoms with Crippen molar-refractivity contribution in [1.82, 2.24) is 4.98 Å². The summed E-state index contributed by atoms with van der Waals surface area (Å²) in [6.45, 7) is 0. The number of sulfonamides is 1. The second kappa shape index (κ2) is 4.32. The lowest BCUT2D eigenvalue weighted by Gasteiger charge is -2.04. The Kier molecular flexibility index (Phi) is 3.32. The number of pyridine rings is 1. The number of nitrogens with two attached hydrogens (primary N) is 1. The summed E-state index contributed by atoms with van der Waals surface area (Å²) in [5, 5.41) is 12.1. The molecule has 1 heterocycles. The Labute approximate surface area is 87.0 Å². The molecule has 0 unspecified atom stereocenters. The van der Waals surface area contributed by atoms with Gasteiger partial charge >= 0.3 is 0 Å². The van der Waals surface area contributed by atoms with E-state index in [1.54, 1.807) is 0 Å². The van der Waals surface area contributed by atoms with Crippen molar-refractivity contribution in [3.63, 3.8) is 0 Å². The number of primary sulfonamides is 1. The lowest BCUT2D eigenvalue weighted by Crippen LogP contribution is -2.13. The summed E-state index contributed by atoms with van der Waals surface area (Å²) in [7, 11) is -1.11. The first-order valence-electron chi connectivity index (χ1n) is 3.85. The number of aromatic nitrogens is 1. The molecule has 0 saturated carbocycles. The average molecular weight is 230 g/mol. The summed E-state index contributed by atoms with van der Waals surface area (Å²) in [6.07, 6.45) is 1.33. The Morgan fingerprint density at radius 1 is 1.53 bits per heavy atom. The average Bonchev–Trinajstić information content (AvgIpc) is 2.17. The fraction of sp³-hybridized carbons (Fsp3) is 0.286. The third kappa shape index (κ3) is 2.70. The largest absolute Gasteiger partial charge is 0.480 e. The molecule has 0 aliphatic rings. The molecule has 0 bridgehead atoms. The molecule has 1 aromatic rings. The molecule has 7 nitrogen and oxygen atoms in total. The zero-order valence-corrected chi connectivity index (χ0v) is 9.02. The molecule has 1 aromatic heterocycles. The highest BCUT2D eigenvalue weighted by atomic mass is 32.2. The Bertz CT molecular complexity index is 483. The predicted octanol–water partition coefficient (Wildman–Crippen LogP) is 0.451. The van der Waals surface area contributed by atoms with Crippen LogP contribution in [0.3, 0.4) is 0 Å². The summed E-state index contributed by atoms with van der Waals surface area (Å²) in [5.41, 5.74) is 0.294. The van der Waals surface area contributed by atoms with Crippen molar-refractivity contribution in [1.29, 1.82) is 0 Å². The number of azo groups is 1. The van der Waals surface area contributed by atoms with Crippen LogP contribution in [0.15, 0.2) is 27.4 Å². The quantitative estimate of drug-likeness (QED) is 0.760. The van der Waals surface area contributed by atoms with Gasteiger partial charge in [0, 0.05) is 7.05 Å². The normalized spacial score (nSPS) is 11.9. The van der Waals surface area contributed by atoms with Crippen LogP contribution in [0.5, 0.6) is 5.88 Å². The van der Waals surface area contributed by atoms with Crippen LogP contribution in [0, 0.1) is 0 Å². The summed E-state index contributed by atoms with van der Waals surface area (Å²) >= 11 is 0. The minimum absolute atomic E-state index is 0.0625. The Morgan fingerprint density at radius 3 is 2.67 bits per heavy atom. The van der Waals surface area contributed by atoms with E-state index in [0.29, 0.717) is 5.69 Å². The van der Waals surface area contributed by atoms with Gasteiger partial charge in [0.15, 0.2) is 0 Å². The molecular formula is C7H10N4O3S. The topological polar surface area (TPSA) is 107 Å². The van der Waals surface area contributed by atoms with Crippen molar-refractivity contribution >= 4 is 15.7 Å². The highest BCUT2D eigenvalue weighted by molar-refractivity contribution is 7.89. The minimum Gasteiger partial charge on any atom is -0.480 e. The number of hydrogen-bond donors (Lipinski definition) is 1. The van der Waals surface area contributed by atoms with Gasteiger partial charge in [-0.1, -0.05) is 0 Å². The van der Waals surface area contributed by atoms with E-state index in [2.05, 4.69) is 15.2 Å². The fourth-order valence-electron chi connectivity index (χ4n) is 0.949. The van der Waals surface area contributed by atoms with Crippen LogP contribution in [0.25, 0.3) is 0 Å². The van der Waals surface area contributed by atoms with Crippen LogP contribution >= 0.6 is 0 Å². The smallest absolute Gasteiger partial charge is 0.243 e. The number of methoxy groups -OCH3 is 1. The molecule has 0 aliphatic carbocycles. The maximum Gasteiger partial charge on any atom is 0.243 e. The predicted molar refractivity (Wildman–Crippen MR) is 52.6 cm³/mol. The molecule has 0 aromatic carbocycles. The van der Waals surface area contributed by atoms with Gasteiger partial charge in [-0.05, 0) is 6.07 Å². The van der Waals surface area contributed by atoms with Crippen molar-refractivity contribution in [3.05, 3.63) is 12.3 Å². The lowest BCUT2D eigenvalue weighted by atomic mass is 10.4. The molecule has 0 aliphatic heterocycles. The Balaban J connectivity index is 3.39. The molecule has 8 heteroatoms. The van der Waals surface area contributed by atoms with Gasteiger partial charge in [-0.2, -0.15) is 10.2 Å². The molecule has 1 rings (SSSR count). The van der Waals surface area contributed by atoms with Crippen molar-refractivity contribution in [2.24, 2.45) is 15.4 Å². The molecule has 82 valence electrons. The highest BCUT2D eigenvalue weighted by Gasteiger charge is 2.16. The number of ether oxygens (including phenoxy) is 1. The van der Waals surface area contributed by atoms with Crippen molar-refractivity contribution in [3.8, 4) is 5.88 Å². The zero-order valence-electron chi connectivity index (χ0n) is 8.21. The molecule has 0 atom stereocenters. The van der Waals surface area contributed by atoms with Gasteiger partial charge in [-0.15, -0.1) is 0 Å². The maximum absolute atomic E-state index is 11.2. The summed E-state index contributed by atoms with van der Waals surface area (Å²) in [4.78, 5) is 3.53. The van der Waals surface area contributed by atoms with Gasteiger partial charge in [0.2, 0.25) is 15.9 Å². The van der Waals surface area contributed by atoms with Crippen LogP contribution in [0.1, 0.15) is 0 Å². The van der Waals surface area contributed by atoms with Crippen molar-refractivity contribution in [2.45, 2.75) is 4.90 Å². The van der Waals surface area contributed by atoms with Crippen molar-refractivity contribution in [2.75, 3.05) is 14.2 Å². The minimum atomic E-state index is -3.88. The van der Waals surface area contributed by atoms with Gasteiger partial charge in [-0.3, -0.25) is 0 Å². The van der Waals surface area contributed by atoms with Gasteiger partial charge in [0.25, 0.3) is 0 Å². The van der Waals surface area contributed by atoms with Crippen LogP contribution in [-0.4, -0.2) is 27.6 Å². The van der Waals surface area contributed by atoms with E-state index >= 15 is 0 Å². The van der Waals surface area contributed by atoms with E-state index in [-0.39, 0.29) is 10.8 Å². The zero-order chi connectivity index (χ0) is 11.5. The maximum atomic E-state index is 11.2. The molecule has 0 radical (unpaired) electrons. The number of nitrogens with zero attached hydrogens (tertiary/aromatic N) is 3. The Morgan fingerprint density at radius 2 is 2.20 bits per heavy atom. The molecule has 15 heavy (non-hydrogen) atoms. The van der Waals surface area contributed by atoms with E-state index in [0.717, 1.165) is 0 Å². The number of hydrogen-bond acceptors (Lipinski definition) is 6. The first kappa shape index (κ1) is 11.5. The van der Waals surface area contributed by atoms with E-state index < -0.39 is 10.0 Å². The lowest BCUT2D eigenvalue weighted by molar-refractivity contribution is 0.385.